The quantitative estimate of drug-likeness (QED) is 0.746. The second-order valence-electron chi connectivity index (χ2n) is 6.27. The molecule has 1 aromatic carbocycles. The van der Waals surface area contributed by atoms with Gasteiger partial charge in [0, 0.05) is 19.5 Å². The van der Waals surface area contributed by atoms with E-state index in [2.05, 4.69) is 10.1 Å². The highest BCUT2D eigenvalue weighted by atomic mass is 16.5. The van der Waals surface area contributed by atoms with E-state index in [9.17, 15) is 19.2 Å². The van der Waals surface area contributed by atoms with Gasteiger partial charge in [0.1, 0.15) is 0 Å². The van der Waals surface area contributed by atoms with Crippen molar-refractivity contribution in [2.24, 2.45) is 11.7 Å². The number of methoxy groups -OCH3 is 2. The van der Waals surface area contributed by atoms with E-state index in [1.165, 1.54) is 32.4 Å². The largest absolute Gasteiger partial charge is 0.465 e. The summed E-state index contributed by atoms with van der Waals surface area (Å²) in [6, 6.07) is 3.78. The van der Waals surface area contributed by atoms with Crippen molar-refractivity contribution in [1.82, 2.24) is 4.90 Å². The molecule has 3 N–H and O–H groups in total. The SMILES string of the molecule is COC(=O)c1ccc(C(=O)OC)c(NC(=O)N2CCC(CC(N)=O)CC2)c1. The first-order chi connectivity index (χ1) is 12.8. The Morgan fingerprint density at radius 3 is 2.30 bits per heavy atom. The predicted molar refractivity (Wildman–Crippen MR) is 96.2 cm³/mol. The number of hydrogen-bond acceptors (Lipinski definition) is 6. The van der Waals surface area contributed by atoms with Crippen LogP contribution in [0.25, 0.3) is 0 Å². The molecule has 0 bridgehead atoms. The van der Waals surface area contributed by atoms with Crippen LogP contribution < -0.4 is 11.1 Å². The average Bonchev–Trinajstić information content (AvgIpc) is 2.66. The summed E-state index contributed by atoms with van der Waals surface area (Å²) in [7, 11) is 2.47. The number of carbonyl (C=O) groups is 4. The van der Waals surface area contributed by atoms with Crippen molar-refractivity contribution < 1.29 is 28.7 Å². The van der Waals surface area contributed by atoms with Crippen LogP contribution in [0.1, 0.15) is 40.0 Å². The first kappa shape index (κ1) is 20.2. The summed E-state index contributed by atoms with van der Waals surface area (Å²) in [5, 5.41) is 2.66. The highest BCUT2D eigenvalue weighted by Gasteiger charge is 2.25. The number of amides is 3. The second-order valence-corrected chi connectivity index (χ2v) is 6.27. The number of hydrogen-bond donors (Lipinski definition) is 2. The van der Waals surface area contributed by atoms with E-state index in [1.807, 2.05) is 0 Å². The van der Waals surface area contributed by atoms with Gasteiger partial charge in [0.25, 0.3) is 0 Å². The van der Waals surface area contributed by atoms with E-state index in [0.717, 1.165) is 0 Å². The van der Waals surface area contributed by atoms with Gasteiger partial charge in [-0.15, -0.1) is 0 Å². The van der Waals surface area contributed by atoms with Crippen LogP contribution in [0, 0.1) is 5.92 Å². The van der Waals surface area contributed by atoms with E-state index in [-0.39, 0.29) is 28.6 Å². The lowest BCUT2D eigenvalue weighted by molar-refractivity contribution is -0.119. The Labute approximate surface area is 156 Å². The molecule has 1 aliphatic heterocycles. The molecule has 3 amide bonds. The summed E-state index contributed by atoms with van der Waals surface area (Å²) in [5.41, 5.74) is 5.70. The van der Waals surface area contributed by atoms with Gasteiger partial charge in [0.2, 0.25) is 5.91 Å². The van der Waals surface area contributed by atoms with Crippen LogP contribution in [0.4, 0.5) is 10.5 Å². The molecule has 0 radical (unpaired) electrons. The second kappa shape index (κ2) is 9.02. The fourth-order valence-corrected chi connectivity index (χ4v) is 3.00. The van der Waals surface area contributed by atoms with Crippen LogP contribution in [0.5, 0.6) is 0 Å². The number of benzene rings is 1. The van der Waals surface area contributed by atoms with E-state index in [4.69, 9.17) is 10.5 Å². The Morgan fingerprint density at radius 1 is 1.11 bits per heavy atom. The number of piperidine rings is 1. The van der Waals surface area contributed by atoms with Gasteiger partial charge < -0.3 is 25.4 Å². The highest BCUT2D eigenvalue weighted by molar-refractivity contribution is 6.03. The van der Waals surface area contributed by atoms with E-state index < -0.39 is 18.0 Å². The van der Waals surface area contributed by atoms with Gasteiger partial charge in [-0.25, -0.2) is 14.4 Å². The van der Waals surface area contributed by atoms with Crippen LogP contribution >= 0.6 is 0 Å². The molecule has 9 nitrogen and oxygen atoms in total. The van der Waals surface area contributed by atoms with Crippen molar-refractivity contribution >= 4 is 29.6 Å². The first-order valence-electron chi connectivity index (χ1n) is 8.50. The molecule has 0 aliphatic carbocycles. The normalized spacial score (nSPS) is 14.4. The van der Waals surface area contributed by atoms with Crippen molar-refractivity contribution in [3.63, 3.8) is 0 Å². The lowest BCUT2D eigenvalue weighted by atomic mass is 9.93. The maximum atomic E-state index is 12.6. The number of urea groups is 1. The van der Waals surface area contributed by atoms with Gasteiger partial charge in [-0.1, -0.05) is 0 Å². The number of nitrogens with zero attached hydrogens (tertiary/aromatic N) is 1. The number of likely N-dealkylation sites (tertiary alicyclic amines) is 1. The van der Waals surface area contributed by atoms with Crippen molar-refractivity contribution in [3.8, 4) is 0 Å². The summed E-state index contributed by atoms with van der Waals surface area (Å²) in [6.07, 6.45) is 1.65. The monoisotopic (exact) mass is 377 g/mol. The molecule has 146 valence electrons. The summed E-state index contributed by atoms with van der Waals surface area (Å²) in [4.78, 5) is 48.8. The Hall–Kier alpha value is -3.10. The van der Waals surface area contributed by atoms with E-state index in [0.29, 0.717) is 32.4 Å². The number of nitrogens with two attached hydrogens (primary N) is 1. The number of carbonyl (C=O) groups excluding carboxylic acids is 4. The third-order valence-electron chi connectivity index (χ3n) is 4.48. The van der Waals surface area contributed by atoms with Crippen LogP contribution in [-0.4, -0.2) is 56.1 Å². The Kier molecular flexibility index (Phi) is 6.75. The fraction of sp³-hybridized carbons (Fsp3) is 0.444. The zero-order valence-electron chi connectivity index (χ0n) is 15.3. The van der Waals surface area contributed by atoms with Gasteiger partial charge in [0.15, 0.2) is 0 Å². The van der Waals surface area contributed by atoms with E-state index in [1.54, 1.807) is 4.90 Å². The number of primary amides is 1. The average molecular weight is 377 g/mol. The number of esters is 2. The molecule has 1 aliphatic rings. The van der Waals surface area contributed by atoms with Crippen LogP contribution in [0.2, 0.25) is 0 Å². The van der Waals surface area contributed by atoms with Gasteiger partial charge in [-0.2, -0.15) is 0 Å². The Balaban J connectivity index is 2.12. The molecule has 1 saturated heterocycles. The van der Waals surface area contributed by atoms with Gasteiger partial charge in [-0.3, -0.25) is 4.79 Å². The lowest BCUT2D eigenvalue weighted by Crippen LogP contribution is -2.41. The van der Waals surface area contributed by atoms with E-state index >= 15 is 0 Å². The lowest BCUT2D eigenvalue weighted by Gasteiger charge is -2.31. The van der Waals surface area contributed by atoms with Crippen LogP contribution in [0.3, 0.4) is 0 Å². The Morgan fingerprint density at radius 2 is 1.74 bits per heavy atom. The third-order valence-corrected chi connectivity index (χ3v) is 4.48. The number of ether oxygens (including phenoxy) is 2. The maximum Gasteiger partial charge on any atom is 0.339 e. The third kappa shape index (κ3) is 5.19. The molecule has 27 heavy (non-hydrogen) atoms. The molecule has 0 atom stereocenters. The summed E-state index contributed by atoms with van der Waals surface area (Å²) >= 11 is 0. The van der Waals surface area contributed by atoms with Crippen molar-refractivity contribution in [2.45, 2.75) is 19.3 Å². The Bertz CT molecular complexity index is 741. The molecular weight excluding hydrogens is 354 g/mol. The fourth-order valence-electron chi connectivity index (χ4n) is 3.00. The molecule has 2 rings (SSSR count). The first-order valence-corrected chi connectivity index (χ1v) is 8.50. The molecule has 1 heterocycles. The molecule has 0 spiro atoms. The molecule has 0 saturated carbocycles. The van der Waals surface area contributed by atoms with Crippen molar-refractivity contribution in [3.05, 3.63) is 29.3 Å². The minimum atomic E-state index is -0.637. The van der Waals surface area contributed by atoms with Crippen molar-refractivity contribution in [2.75, 3.05) is 32.6 Å². The number of anilines is 1. The van der Waals surface area contributed by atoms with Crippen molar-refractivity contribution in [1.29, 1.82) is 0 Å². The van der Waals surface area contributed by atoms with Gasteiger partial charge in [-0.05, 0) is 37.0 Å². The van der Waals surface area contributed by atoms with Crippen LogP contribution in [-0.2, 0) is 14.3 Å². The smallest absolute Gasteiger partial charge is 0.339 e. The molecule has 1 fully saturated rings. The topological polar surface area (TPSA) is 128 Å². The van der Waals surface area contributed by atoms with Gasteiger partial charge >= 0.3 is 18.0 Å². The number of rotatable bonds is 5. The predicted octanol–water partition coefficient (Wildman–Crippen LogP) is 1.38. The minimum absolute atomic E-state index is 0.127. The van der Waals surface area contributed by atoms with Gasteiger partial charge in [0.05, 0.1) is 31.0 Å². The maximum absolute atomic E-state index is 12.6. The standard InChI is InChI=1S/C18H23N3O6/c1-26-16(23)12-3-4-13(17(24)27-2)14(10-12)20-18(25)21-7-5-11(6-8-21)9-15(19)22/h3-4,10-11H,5-9H2,1-2H3,(H2,19,22)(H,20,25). The molecule has 0 unspecified atom stereocenters. The van der Waals surface area contributed by atoms with Crippen LogP contribution in [0.15, 0.2) is 18.2 Å². The zero-order chi connectivity index (χ0) is 20.0. The zero-order valence-corrected chi connectivity index (χ0v) is 15.3. The summed E-state index contributed by atoms with van der Waals surface area (Å²) < 4.78 is 9.38. The number of nitrogens with one attached hydrogen (secondary N) is 1. The summed E-state index contributed by atoms with van der Waals surface area (Å²) in [5.74, 6) is -1.41. The molecule has 1 aromatic rings. The molecule has 0 aromatic heterocycles. The molecule has 9 heteroatoms. The minimum Gasteiger partial charge on any atom is -0.465 e. The molecular formula is C18H23N3O6. The summed E-state index contributed by atoms with van der Waals surface area (Å²) in [6.45, 7) is 0.933. The highest BCUT2D eigenvalue weighted by Crippen LogP contribution is 2.23.